The Bertz CT molecular complexity index is 885. The molecule has 0 saturated carbocycles. The van der Waals surface area contributed by atoms with Crippen LogP contribution < -0.4 is 21.5 Å². The van der Waals surface area contributed by atoms with Gasteiger partial charge in [0.1, 0.15) is 11.4 Å². The van der Waals surface area contributed by atoms with Gasteiger partial charge in [-0.25, -0.2) is 4.79 Å². The van der Waals surface area contributed by atoms with Crippen LogP contribution in [-0.2, 0) is 27.4 Å². The monoisotopic (exact) mass is 416 g/mol. The molecule has 10 nitrogen and oxygen atoms in total. The van der Waals surface area contributed by atoms with Crippen LogP contribution in [0.4, 0.5) is 4.79 Å². The predicted octanol–water partition coefficient (Wildman–Crippen LogP) is 1.38. The largest absolute Gasteiger partial charge is 0.467 e. The topological polar surface area (TPSA) is 139 Å². The van der Waals surface area contributed by atoms with E-state index in [0.717, 1.165) is 5.56 Å². The Hall–Kier alpha value is -3.82. The molecule has 0 aliphatic rings. The summed E-state index contributed by atoms with van der Waals surface area (Å²) in [7, 11) is 0. The molecule has 0 bridgehead atoms. The van der Waals surface area contributed by atoms with Crippen molar-refractivity contribution >= 4 is 23.8 Å². The summed E-state index contributed by atoms with van der Waals surface area (Å²) < 4.78 is 10.2. The lowest BCUT2D eigenvalue weighted by atomic mass is 10.1. The molecule has 0 aliphatic carbocycles. The van der Waals surface area contributed by atoms with Crippen molar-refractivity contribution in [3.8, 4) is 0 Å². The number of ether oxygens (including phenoxy) is 1. The molecule has 0 saturated heterocycles. The van der Waals surface area contributed by atoms with Crippen LogP contribution in [-0.4, -0.2) is 29.4 Å². The van der Waals surface area contributed by atoms with Crippen molar-refractivity contribution in [2.45, 2.75) is 39.5 Å². The first-order chi connectivity index (χ1) is 14.1. The molecule has 10 heteroatoms. The fourth-order valence-electron chi connectivity index (χ4n) is 2.17. The molecule has 2 rings (SSSR count). The third kappa shape index (κ3) is 7.66. The molecule has 0 radical (unpaired) electrons. The number of carbonyl (C=O) groups excluding carboxylic acids is 4. The molecule has 1 aromatic carbocycles. The molecule has 4 N–H and O–H groups in total. The Morgan fingerprint density at radius 1 is 0.900 bits per heavy atom. The quantitative estimate of drug-likeness (QED) is 0.429. The van der Waals surface area contributed by atoms with E-state index >= 15 is 0 Å². The number of carbonyl (C=O) groups is 4. The first-order valence-corrected chi connectivity index (χ1v) is 9.11. The van der Waals surface area contributed by atoms with Gasteiger partial charge in [0.05, 0.1) is 12.8 Å². The maximum Gasteiger partial charge on any atom is 0.407 e. The molecule has 30 heavy (non-hydrogen) atoms. The van der Waals surface area contributed by atoms with Gasteiger partial charge in [0.25, 0.3) is 5.91 Å². The summed E-state index contributed by atoms with van der Waals surface area (Å²) in [5, 5.41) is 4.96. The van der Waals surface area contributed by atoms with Crippen LogP contribution in [0.5, 0.6) is 0 Å². The van der Waals surface area contributed by atoms with Crippen molar-refractivity contribution in [2.24, 2.45) is 0 Å². The molecule has 0 atom stereocenters. The van der Waals surface area contributed by atoms with Crippen LogP contribution in [0, 0.1) is 0 Å². The lowest BCUT2D eigenvalue weighted by molar-refractivity contribution is -0.139. The van der Waals surface area contributed by atoms with Gasteiger partial charge >= 0.3 is 17.9 Å². The Balaban J connectivity index is 1.75. The van der Waals surface area contributed by atoms with Crippen molar-refractivity contribution in [3.05, 3.63) is 59.5 Å². The number of rotatable bonds is 5. The number of amides is 4. The molecule has 4 amide bonds. The molecular weight excluding hydrogens is 392 g/mol. The van der Waals surface area contributed by atoms with Crippen LogP contribution in [0.1, 0.15) is 42.5 Å². The standard InChI is InChI=1S/C20H24N4O6/c1-20(2,3)30-19(28)22-11-13-6-8-14(9-7-13)16(25)23-24-18(27)17(26)21-12-15-5-4-10-29-15/h4-10H,11-12H2,1-3H3,(H,21,26)(H,22,28)(H,23,25)(H,24,27). The number of hydrogen-bond acceptors (Lipinski definition) is 6. The zero-order valence-corrected chi connectivity index (χ0v) is 16.9. The van der Waals surface area contributed by atoms with Gasteiger partial charge in [0.2, 0.25) is 0 Å². The van der Waals surface area contributed by atoms with Gasteiger partial charge in [0.15, 0.2) is 0 Å². The minimum atomic E-state index is -1.02. The lowest BCUT2D eigenvalue weighted by Gasteiger charge is -2.19. The number of furan rings is 1. The van der Waals surface area contributed by atoms with Crippen molar-refractivity contribution < 1.29 is 28.3 Å². The van der Waals surface area contributed by atoms with E-state index in [1.807, 2.05) is 5.43 Å². The molecular formula is C20H24N4O6. The van der Waals surface area contributed by atoms with E-state index in [0.29, 0.717) is 5.76 Å². The second-order valence-corrected chi connectivity index (χ2v) is 7.22. The van der Waals surface area contributed by atoms with E-state index in [4.69, 9.17) is 9.15 Å². The van der Waals surface area contributed by atoms with E-state index < -0.39 is 29.4 Å². The van der Waals surface area contributed by atoms with E-state index in [-0.39, 0.29) is 18.7 Å². The van der Waals surface area contributed by atoms with Crippen molar-refractivity contribution in [2.75, 3.05) is 0 Å². The number of benzene rings is 1. The first kappa shape index (κ1) is 22.5. The third-order valence-electron chi connectivity index (χ3n) is 3.55. The van der Waals surface area contributed by atoms with Crippen LogP contribution in [0.2, 0.25) is 0 Å². The number of hydrazine groups is 1. The SMILES string of the molecule is CC(C)(C)OC(=O)NCc1ccc(C(=O)NNC(=O)C(=O)NCc2ccco2)cc1. The van der Waals surface area contributed by atoms with Crippen LogP contribution in [0.25, 0.3) is 0 Å². The Labute approximate surface area is 173 Å². The molecule has 0 fully saturated rings. The fraction of sp³-hybridized carbons (Fsp3) is 0.300. The van der Waals surface area contributed by atoms with Gasteiger partial charge in [-0.2, -0.15) is 0 Å². The second-order valence-electron chi connectivity index (χ2n) is 7.22. The molecule has 0 spiro atoms. The maximum absolute atomic E-state index is 12.1. The van der Waals surface area contributed by atoms with E-state index in [1.54, 1.807) is 45.0 Å². The highest BCUT2D eigenvalue weighted by Crippen LogP contribution is 2.08. The Morgan fingerprint density at radius 2 is 1.60 bits per heavy atom. The summed E-state index contributed by atoms with van der Waals surface area (Å²) in [6.07, 6.45) is 0.901. The van der Waals surface area contributed by atoms with Gasteiger partial charge in [-0.1, -0.05) is 12.1 Å². The van der Waals surface area contributed by atoms with Gasteiger partial charge in [-0.05, 0) is 50.6 Å². The number of alkyl carbamates (subject to hydrolysis) is 1. The summed E-state index contributed by atoms with van der Waals surface area (Å²) >= 11 is 0. The minimum absolute atomic E-state index is 0.0476. The lowest BCUT2D eigenvalue weighted by Crippen LogP contribution is -2.48. The van der Waals surface area contributed by atoms with Crippen LogP contribution in [0.15, 0.2) is 47.1 Å². The minimum Gasteiger partial charge on any atom is -0.467 e. The molecule has 160 valence electrons. The van der Waals surface area contributed by atoms with E-state index in [2.05, 4.69) is 16.1 Å². The van der Waals surface area contributed by atoms with Crippen molar-refractivity contribution in [1.82, 2.24) is 21.5 Å². The van der Waals surface area contributed by atoms with Crippen LogP contribution >= 0.6 is 0 Å². The first-order valence-electron chi connectivity index (χ1n) is 9.11. The van der Waals surface area contributed by atoms with Gasteiger partial charge < -0.3 is 19.8 Å². The molecule has 0 unspecified atom stereocenters. The van der Waals surface area contributed by atoms with Gasteiger partial charge in [-0.15, -0.1) is 0 Å². The normalized spacial score (nSPS) is 10.6. The molecule has 1 heterocycles. The smallest absolute Gasteiger partial charge is 0.407 e. The molecule has 0 aliphatic heterocycles. The average Bonchev–Trinajstić information content (AvgIpc) is 3.21. The summed E-state index contributed by atoms with van der Waals surface area (Å²) in [5.41, 5.74) is 4.60. The van der Waals surface area contributed by atoms with Gasteiger partial charge in [0, 0.05) is 12.1 Å². The van der Waals surface area contributed by atoms with E-state index in [1.165, 1.54) is 18.4 Å². The second kappa shape index (κ2) is 10.1. The number of hydrogen-bond donors (Lipinski definition) is 4. The third-order valence-corrected chi connectivity index (χ3v) is 3.55. The summed E-state index contributed by atoms with van der Waals surface area (Å²) in [4.78, 5) is 47.1. The Kier molecular flexibility index (Phi) is 7.56. The highest BCUT2D eigenvalue weighted by atomic mass is 16.6. The average molecular weight is 416 g/mol. The van der Waals surface area contributed by atoms with E-state index in [9.17, 15) is 19.2 Å². The van der Waals surface area contributed by atoms with Gasteiger partial charge in [-0.3, -0.25) is 25.2 Å². The van der Waals surface area contributed by atoms with Crippen molar-refractivity contribution in [3.63, 3.8) is 0 Å². The maximum atomic E-state index is 12.1. The highest BCUT2D eigenvalue weighted by Gasteiger charge is 2.16. The molecule has 2 aromatic rings. The fourth-order valence-corrected chi connectivity index (χ4v) is 2.17. The zero-order valence-electron chi connectivity index (χ0n) is 16.9. The zero-order chi connectivity index (χ0) is 22.1. The van der Waals surface area contributed by atoms with Crippen molar-refractivity contribution in [1.29, 1.82) is 0 Å². The summed E-state index contributed by atoms with van der Waals surface area (Å²) in [6.45, 7) is 5.57. The molecule has 1 aromatic heterocycles. The van der Waals surface area contributed by atoms with Crippen LogP contribution in [0.3, 0.4) is 0 Å². The summed E-state index contributed by atoms with van der Waals surface area (Å²) in [5.74, 6) is -2.06. The number of nitrogens with one attached hydrogen (secondary N) is 4. The predicted molar refractivity (Wildman–Crippen MR) is 106 cm³/mol. The summed E-state index contributed by atoms with van der Waals surface area (Å²) in [6, 6.07) is 9.62. The highest BCUT2D eigenvalue weighted by molar-refractivity contribution is 6.35. The Morgan fingerprint density at radius 3 is 2.20 bits per heavy atom.